The molecule has 1 rings (SSSR count). The number of halogens is 1. The predicted octanol–water partition coefficient (Wildman–Crippen LogP) is 2.31. The number of aryl methyl sites for hydroxylation is 1. The van der Waals surface area contributed by atoms with E-state index in [0.717, 1.165) is 6.07 Å². The van der Waals surface area contributed by atoms with E-state index in [-0.39, 0.29) is 24.1 Å². The van der Waals surface area contributed by atoms with E-state index < -0.39 is 15.8 Å². The largest absolute Gasteiger partial charge is 0.395 e. The quantitative estimate of drug-likeness (QED) is 0.841. The van der Waals surface area contributed by atoms with Gasteiger partial charge in [0.05, 0.1) is 11.5 Å². The fourth-order valence-electron chi connectivity index (χ4n) is 2.27. The lowest BCUT2D eigenvalue weighted by atomic mass is 10.2. The average molecular weight is 303 g/mol. The molecule has 1 N–H and O–H groups in total. The zero-order valence-electron chi connectivity index (χ0n) is 12.1. The van der Waals surface area contributed by atoms with Gasteiger partial charge in [-0.2, -0.15) is 4.31 Å². The van der Waals surface area contributed by atoms with Crippen LogP contribution in [0, 0.1) is 12.7 Å². The maximum atomic E-state index is 13.4. The van der Waals surface area contributed by atoms with Crippen LogP contribution in [0.1, 0.15) is 32.3 Å². The summed E-state index contributed by atoms with van der Waals surface area (Å²) in [7, 11) is -3.81. The minimum Gasteiger partial charge on any atom is -0.395 e. The van der Waals surface area contributed by atoms with E-state index in [1.165, 1.54) is 16.4 Å². The zero-order valence-corrected chi connectivity index (χ0v) is 13.0. The van der Waals surface area contributed by atoms with Crippen LogP contribution >= 0.6 is 0 Å². The molecule has 0 atom stereocenters. The molecule has 6 heteroatoms. The number of rotatable bonds is 7. The van der Waals surface area contributed by atoms with Gasteiger partial charge < -0.3 is 5.11 Å². The molecular formula is C14H22FNO3S. The van der Waals surface area contributed by atoms with Gasteiger partial charge in [0.2, 0.25) is 10.0 Å². The minimum absolute atomic E-state index is 0.0185. The standard InChI is InChI=1S/C14H22FNO3S/c1-4-13(5-2)16(8-9-17)20(18,19)14-10-12(15)7-6-11(14)3/h6-7,10,13,17H,4-5,8-9H2,1-3H3. The van der Waals surface area contributed by atoms with Gasteiger partial charge in [0.25, 0.3) is 0 Å². The van der Waals surface area contributed by atoms with Gasteiger partial charge >= 0.3 is 0 Å². The molecule has 114 valence electrons. The first kappa shape index (κ1) is 17.1. The number of sulfonamides is 1. The van der Waals surface area contributed by atoms with Crippen LogP contribution in [0.5, 0.6) is 0 Å². The molecule has 20 heavy (non-hydrogen) atoms. The van der Waals surface area contributed by atoms with E-state index in [1.807, 2.05) is 13.8 Å². The first-order valence-electron chi connectivity index (χ1n) is 6.77. The van der Waals surface area contributed by atoms with Gasteiger partial charge in [-0.3, -0.25) is 0 Å². The van der Waals surface area contributed by atoms with E-state index >= 15 is 0 Å². The highest BCUT2D eigenvalue weighted by Crippen LogP contribution is 2.24. The maximum absolute atomic E-state index is 13.4. The lowest BCUT2D eigenvalue weighted by Crippen LogP contribution is -2.41. The second-order valence-corrected chi connectivity index (χ2v) is 6.58. The van der Waals surface area contributed by atoms with E-state index in [4.69, 9.17) is 5.11 Å². The molecule has 0 radical (unpaired) electrons. The molecule has 0 fully saturated rings. The first-order valence-corrected chi connectivity index (χ1v) is 8.21. The van der Waals surface area contributed by atoms with Gasteiger partial charge in [0, 0.05) is 12.6 Å². The summed E-state index contributed by atoms with van der Waals surface area (Å²) >= 11 is 0. The zero-order chi connectivity index (χ0) is 15.3. The van der Waals surface area contributed by atoms with Crippen molar-refractivity contribution in [3.8, 4) is 0 Å². The smallest absolute Gasteiger partial charge is 0.243 e. The Balaban J connectivity index is 3.32. The van der Waals surface area contributed by atoms with Crippen molar-refractivity contribution in [2.24, 2.45) is 0 Å². The summed E-state index contributed by atoms with van der Waals surface area (Å²) in [6.07, 6.45) is 1.29. The molecule has 0 aliphatic heterocycles. The van der Waals surface area contributed by atoms with Gasteiger partial charge in [-0.05, 0) is 37.5 Å². The normalized spacial score (nSPS) is 12.3. The van der Waals surface area contributed by atoms with Crippen LogP contribution in [0.15, 0.2) is 23.1 Å². The number of aliphatic hydroxyl groups excluding tert-OH is 1. The summed E-state index contributed by atoms with van der Waals surface area (Å²) in [5.41, 5.74) is 0.500. The van der Waals surface area contributed by atoms with Crippen LogP contribution in [-0.4, -0.2) is 37.0 Å². The van der Waals surface area contributed by atoms with Gasteiger partial charge in [-0.15, -0.1) is 0 Å². The number of hydrogen-bond donors (Lipinski definition) is 1. The van der Waals surface area contributed by atoms with Crippen molar-refractivity contribution < 1.29 is 17.9 Å². The van der Waals surface area contributed by atoms with Crippen LogP contribution in [0.25, 0.3) is 0 Å². The van der Waals surface area contributed by atoms with E-state index in [1.54, 1.807) is 6.92 Å². The van der Waals surface area contributed by atoms with Crippen molar-refractivity contribution in [2.75, 3.05) is 13.2 Å². The van der Waals surface area contributed by atoms with Crippen LogP contribution in [0.3, 0.4) is 0 Å². The SMILES string of the molecule is CCC(CC)N(CCO)S(=O)(=O)c1cc(F)ccc1C. The number of aliphatic hydroxyl groups is 1. The molecule has 1 aromatic carbocycles. The Bertz CT molecular complexity index is 541. The van der Waals surface area contributed by atoms with Crippen LogP contribution in [0.4, 0.5) is 4.39 Å². The van der Waals surface area contributed by atoms with Crippen molar-refractivity contribution in [1.29, 1.82) is 0 Å². The van der Waals surface area contributed by atoms with Crippen LogP contribution < -0.4 is 0 Å². The third kappa shape index (κ3) is 3.56. The van der Waals surface area contributed by atoms with Crippen molar-refractivity contribution >= 4 is 10.0 Å². The van der Waals surface area contributed by atoms with E-state index in [0.29, 0.717) is 18.4 Å². The summed E-state index contributed by atoms with van der Waals surface area (Å²) in [5.74, 6) is -0.581. The van der Waals surface area contributed by atoms with E-state index in [9.17, 15) is 12.8 Å². The highest BCUT2D eigenvalue weighted by Gasteiger charge is 2.30. The van der Waals surface area contributed by atoms with Crippen molar-refractivity contribution in [2.45, 2.75) is 44.6 Å². The van der Waals surface area contributed by atoms with Crippen molar-refractivity contribution in [1.82, 2.24) is 4.31 Å². The topological polar surface area (TPSA) is 57.6 Å². The average Bonchev–Trinajstić information content (AvgIpc) is 2.41. The lowest BCUT2D eigenvalue weighted by molar-refractivity contribution is 0.219. The molecule has 0 bridgehead atoms. The molecule has 0 heterocycles. The molecule has 0 aliphatic rings. The summed E-state index contributed by atoms with van der Waals surface area (Å²) in [5, 5.41) is 9.13. The molecule has 0 spiro atoms. The van der Waals surface area contributed by atoms with Crippen LogP contribution in [0.2, 0.25) is 0 Å². The summed E-state index contributed by atoms with van der Waals surface area (Å²) in [6, 6.07) is 3.53. The summed E-state index contributed by atoms with van der Waals surface area (Å²) in [4.78, 5) is -0.0298. The fourth-order valence-corrected chi connectivity index (χ4v) is 4.27. The number of hydrogen-bond acceptors (Lipinski definition) is 3. The third-order valence-corrected chi connectivity index (χ3v) is 5.50. The Morgan fingerprint density at radius 1 is 1.30 bits per heavy atom. The first-order chi connectivity index (χ1) is 9.38. The molecule has 4 nitrogen and oxygen atoms in total. The van der Waals surface area contributed by atoms with Gasteiger partial charge in [0.1, 0.15) is 5.82 Å². The highest BCUT2D eigenvalue weighted by molar-refractivity contribution is 7.89. The second kappa shape index (κ2) is 7.15. The molecule has 0 saturated heterocycles. The molecule has 0 aromatic heterocycles. The minimum atomic E-state index is -3.81. The monoisotopic (exact) mass is 303 g/mol. The summed E-state index contributed by atoms with van der Waals surface area (Å²) < 4.78 is 40.0. The van der Waals surface area contributed by atoms with Crippen molar-refractivity contribution in [3.05, 3.63) is 29.6 Å². The maximum Gasteiger partial charge on any atom is 0.243 e. The molecular weight excluding hydrogens is 281 g/mol. The van der Waals surface area contributed by atoms with Gasteiger partial charge in [-0.1, -0.05) is 19.9 Å². The Morgan fingerprint density at radius 2 is 1.90 bits per heavy atom. The van der Waals surface area contributed by atoms with Crippen molar-refractivity contribution in [3.63, 3.8) is 0 Å². The Kier molecular flexibility index (Phi) is 6.10. The lowest BCUT2D eigenvalue weighted by Gasteiger charge is -2.29. The van der Waals surface area contributed by atoms with Gasteiger partial charge in [0.15, 0.2) is 0 Å². The Labute approximate surface area is 120 Å². The molecule has 0 saturated carbocycles. The fraction of sp³-hybridized carbons (Fsp3) is 0.571. The van der Waals surface area contributed by atoms with Crippen LogP contribution in [-0.2, 0) is 10.0 Å². The molecule has 0 aliphatic carbocycles. The second-order valence-electron chi connectivity index (χ2n) is 4.72. The number of benzene rings is 1. The Morgan fingerprint density at radius 3 is 2.40 bits per heavy atom. The third-order valence-electron chi connectivity index (χ3n) is 3.41. The van der Waals surface area contributed by atoms with Gasteiger partial charge in [-0.25, -0.2) is 12.8 Å². The highest BCUT2D eigenvalue weighted by atomic mass is 32.2. The Hall–Kier alpha value is -0.980. The van der Waals surface area contributed by atoms with E-state index in [2.05, 4.69) is 0 Å². The molecule has 0 amide bonds. The molecule has 0 unspecified atom stereocenters. The molecule has 1 aromatic rings. The predicted molar refractivity (Wildman–Crippen MR) is 76.5 cm³/mol. The number of nitrogens with zero attached hydrogens (tertiary/aromatic N) is 1. The summed E-state index contributed by atoms with van der Waals surface area (Å²) in [6.45, 7) is 5.18.